The highest BCUT2D eigenvalue weighted by molar-refractivity contribution is 5.81. The first-order valence-electron chi connectivity index (χ1n) is 9.83. The van der Waals surface area contributed by atoms with E-state index in [1.807, 2.05) is 4.90 Å². The first-order valence-corrected chi connectivity index (χ1v) is 9.83. The SMILES string of the molecule is Cc1cc(C2CCC3(C2)CN(C(=O)C2CC(C)(O)C2)C3)ccc1OC(F)(F)F. The van der Waals surface area contributed by atoms with Gasteiger partial charge in [-0.05, 0) is 69.1 Å². The molecule has 28 heavy (non-hydrogen) atoms. The second-order valence-corrected chi connectivity index (χ2v) is 9.31. The fraction of sp³-hybridized carbons (Fsp3) is 0.667. The number of carbonyl (C=O) groups excluding carboxylic acids is 1. The van der Waals surface area contributed by atoms with Gasteiger partial charge in [0.05, 0.1) is 5.60 Å². The Labute approximate surface area is 162 Å². The number of likely N-dealkylation sites (tertiary alicyclic amines) is 1. The molecule has 3 aliphatic rings. The Morgan fingerprint density at radius 3 is 2.50 bits per heavy atom. The average Bonchev–Trinajstić information content (AvgIpc) is 2.97. The first kappa shape index (κ1) is 19.6. The van der Waals surface area contributed by atoms with Crippen molar-refractivity contribution in [2.24, 2.45) is 11.3 Å². The number of carbonyl (C=O) groups is 1. The molecule has 4 rings (SSSR count). The zero-order valence-corrected chi connectivity index (χ0v) is 16.2. The van der Waals surface area contributed by atoms with Crippen molar-refractivity contribution < 1.29 is 27.8 Å². The van der Waals surface area contributed by atoms with E-state index in [0.717, 1.165) is 37.9 Å². The Kier molecular flexibility index (Phi) is 4.45. The van der Waals surface area contributed by atoms with Gasteiger partial charge in [0.15, 0.2) is 0 Å². The van der Waals surface area contributed by atoms with E-state index in [0.29, 0.717) is 24.3 Å². The highest BCUT2D eigenvalue weighted by Crippen LogP contribution is 2.53. The van der Waals surface area contributed by atoms with E-state index in [1.54, 1.807) is 26.0 Å². The van der Waals surface area contributed by atoms with Crippen LogP contribution in [0.2, 0.25) is 0 Å². The lowest BCUT2D eigenvalue weighted by molar-refractivity contribution is -0.274. The van der Waals surface area contributed by atoms with Gasteiger partial charge in [-0.15, -0.1) is 13.2 Å². The molecule has 2 aliphatic carbocycles. The summed E-state index contributed by atoms with van der Waals surface area (Å²) >= 11 is 0. The molecule has 1 amide bonds. The van der Waals surface area contributed by atoms with E-state index in [2.05, 4.69) is 4.74 Å². The number of rotatable bonds is 3. The van der Waals surface area contributed by atoms with Gasteiger partial charge in [-0.3, -0.25) is 4.79 Å². The van der Waals surface area contributed by atoms with Gasteiger partial charge in [-0.25, -0.2) is 0 Å². The first-order chi connectivity index (χ1) is 13.0. The van der Waals surface area contributed by atoms with E-state index in [4.69, 9.17) is 0 Å². The van der Waals surface area contributed by atoms with Crippen LogP contribution in [0.4, 0.5) is 13.2 Å². The van der Waals surface area contributed by atoms with Gasteiger partial charge < -0.3 is 14.7 Å². The van der Waals surface area contributed by atoms with Gasteiger partial charge in [0, 0.05) is 24.4 Å². The molecule has 1 aromatic rings. The topological polar surface area (TPSA) is 49.8 Å². The molecule has 1 saturated heterocycles. The molecule has 7 heteroatoms. The number of ether oxygens (including phenoxy) is 1. The van der Waals surface area contributed by atoms with E-state index in [1.165, 1.54) is 6.07 Å². The Hall–Kier alpha value is -1.76. The van der Waals surface area contributed by atoms with Crippen LogP contribution in [0.15, 0.2) is 18.2 Å². The second-order valence-electron chi connectivity index (χ2n) is 9.31. The van der Waals surface area contributed by atoms with Crippen LogP contribution in [0.1, 0.15) is 56.1 Å². The zero-order valence-electron chi connectivity index (χ0n) is 16.2. The fourth-order valence-corrected chi connectivity index (χ4v) is 5.30. The number of hydrogen-bond acceptors (Lipinski definition) is 3. The minimum Gasteiger partial charge on any atom is -0.406 e. The maximum Gasteiger partial charge on any atom is 0.573 e. The number of halogens is 3. The van der Waals surface area contributed by atoms with Gasteiger partial charge in [-0.2, -0.15) is 0 Å². The number of nitrogens with zero attached hydrogens (tertiary/aromatic N) is 1. The summed E-state index contributed by atoms with van der Waals surface area (Å²) < 4.78 is 41.4. The summed E-state index contributed by atoms with van der Waals surface area (Å²) in [5, 5.41) is 9.83. The summed E-state index contributed by atoms with van der Waals surface area (Å²) in [5.41, 5.74) is 0.977. The normalized spacial score (nSPS) is 31.4. The van der Waals surface area contributed by atoms with Crippen molar-refractivity contribution in [3.8, 4) is 5.75 Å². The number of aliphatic hydroxyl groups is 1. The molecule has 1 unspecified atom stereocenters. The Bertz CT molecular complexity index is 776. The molecule has 2 saturated carbocycles. The molecule has 154 valence electrons. The lowest BCUT2D eigenvalue weighted by Crippen LogP contribution is -2.61. The predicted molar refractivity (Wildman–Crippen MR) is 96.8 cm³/mol. The number of amides is 1. The van der Waals surface area contributed by atoms with Crippen LogP contribution in [0, 0.1) is 18.3 Å². The number of hydrogen-bond donors (Lipinski definition) is 1. The van der Waals surface area contributed by atoms with Gasteiger partial charge in [-0.1, -0.05) is 12.1 Å². The average molecular weight is 397 g/mol. The minimum atomic E-state index is -4.68. The van der Waals surface area contributed by atoms with Crippen LogP contribution >= 0.6 is 0 Å². The number of aryl methyl sites for hydroxylation is 1. The van der Waals surface area contributed by atoms with E-state index in [9.17, 15) is 23.1 Å². The lowest BCUT2D eigenvalue weighted by atomic mass is 9.69. The van der Waals surface area contributed by atoms with E-state index in [-0.39, 0.29) is 23.0 Å². The van der Waals surface area contributed by atoms with Gasteiger partial charge in [0.1, 0.15) is 5.75 Å². The molecule has 1 heterocycles. The highest BCUT2D eigenvalue weighted by Gasteiger charge is 2.53. The van der Waals surface area contributed by atoms with Crippen molar-refractivity contribution in [1.82, 2.24) is 4.90 Å². The van der Waals surface area contributed by atoms with Crippen molar-refractivity contribution in [2.45, 2.75) is 63.8 Å². The minimum absolute atomic E-state index is 0.0478. The van der Waals surface area contributed by atoms with Gasteiger partial charge in [0.25, 0.3) is 0 Å². The summed E-state index contributed by atoms with van der Waals surface area (Å²) in [6.07, 6.45) is -0.618. The maximum atomic E-state index is 12.5. The molecular formula is C21H26F3NO3. The van der Waals surface area contributed by atoms with Crippen LogP contribution in [-0.2, 0) is 4.79 Å². The van der Waals surface area contributed by atoms with E-state index >= 15 is 0 Å². The van der Waals surface area contributed by atoms with Crippen molar-refractivity contribution in [3.05, 3.63) is 29.3 Å². The third-order valence-electron chi connectivity index (χ3n) is 6.68. The largest absolute Gasteiger partial charge is 0.573 e. The fourth-order valence-electron chi connectivity index (χ4n) is 5.30. The summed E-state index contributed by atoms with van der Waals surface area (Å²) in [6.45, 7) is 4.92. The summed E-state index contributed by atoms with van der Waals surface area (Å²) in [4.78, 5) is 14.4. The molecule has 1 aliphatic heterocycles. The quantitative estimate of drug-likeness (QED) is 0.834. The Morgan fingerprint density at radius 1 is 1.25 bits per heavy atom. The summed E-state index contributed by atoms with van der Waals surface area (Å²) in [7, 11) is 0. The van der Waals surface area contributed by atoms with Crippen molar-refractivity contribution in [1.29, 1.82) is 0 Å². The van der Waals surface area contributed by atoms with Crippen LogP contribution < -0.4 is 4.74 Å². The summed E-state index contributed by atoms with van der Waals surface area (Å²) in [6, 6.07) is 4.93. The molecule has 0 radical (unpaired) electrons. The van der Waals surface area contributed by atoms with Crippen molar-refractivity contribution in [2.75, 3.05) is 13.1 Å². The number of alkyl halides is 3. The second kappa shape index (κ2) is 6.37. The molecule has 1 atom stereocenters. The molecular weight excluding hydrogens is 371 g/mol. The Balaban J connectivity index is 1.34. The molecule has 4 nitrogen and oxygen atoms in total. The third kappa shape index (κ3) is 3.73. The Morgan fingerprint density at radius 2 is 1.93 bits per heavy atom. The smallest absolute Gasteiger partial charge is 0.406 e. The molecule has 1 aromatic carbocycles. The van der Waals surface area contributed by atoms with Gasteiger partial charge >= 0.3 is 6.36 Å². The standard InChI is InChI=1S/C21H26F3NO3/c1-13-7-14(3-4-17(13)28-21(22,23)24)15-5-6-20(10-15)11-25(12-20)18(26)16-8-19(2,27)9-16/h3-4,7,15-16,27H,5-6,8-12H2,1-2H3. The van der Waals surface area contributed by atoms with Gasteiger partial charge in [0.2, 0.25) is 5.91 Å². The van der Waals surface area contributed by atoms with Crippen molar-refractivity contribution in [3.63, 3.8) is 0 Å². The maximum absolute atomic E-state index is 12.5. The van der Waals surface area contributed by atoms with E-state index < -0.39 is 12.0 Å². The van der Waals surface area contributed by atoms with Crippen LogP contribution in [0.25, 0.3) is 0 Å². The zero-order chi connectivity index (χ0) is 20.3. The molecule has 1 spiro atoms. The molecule has 1 N–H and O–H groups in total. The number of benzene rings is 1. The molecule has 0 bridgehead atoms. The van der Waals surface area contributed by atoms with Crippen LogP contribution in [0.3, 0.4) is 0 Å². The highest BCUT2D eigenvalue weighted by atomic mass is 19.4. The van der Waals surface area contributed by atoms with Crippen LogP contribution in [-0.4, -0.2) is 41.0 Å². The van der Waals surface area contributed by atoms with Crippen molar-refractivity contribution >= 4 is 5.91 Å². The third-order valence-corrected chi connectivity index (χ3v) is 6.68. The summed E-state index contributed by atoms with van der Waals surface area (Å²) in [5.74, 6) is 0.263. The molecule has 3 fully saturated rings. The predicted octanol–water partition coefficient (Wildman–Crippen LogP) is 4.15. The van der Waals surface area contributed by atoms with Crippen LogP contribution in [0.5, 0.6) is 5.75 Å². The monoisotopic (exact) mass is 397 g/mol. The lowest BCUT2D eigenvalue weighted by Gasteiger charge is -2.52. The molecule has 0 aromatic heterocycles.